The molecule has 0 aromatic rings. The highest BCUT2D eigenvalue weighted by Gasteiger charge is 2.29. The van der Waals surface area contributed by atoms with E-state index in [1.807, 2.05) is 6.26 Å². The van der Waals surface area contributed by atoms with Crippen LogP contribution in [-0.2, 0) is 24.0 Å². The number of nitrogens with one attached hydrogen (secondary N) is 3. The van der Waals surface area contributed by atoms with Crippen LogP contribution in [0.3, 0.4) is 0 Å². The number of carbonyl (C=O) groups is 5. The number of primary amides is 1. The summed E-state index contributed by atoms with van der Waals surface area (Å²) >= 11 is 1.49. The van der Waals surface area contributed by atoms with Crippen molar-refractivity contribution >= 4 is 47.3 Å². The van der Waals surface area contributed by atoms with Crippen molar-refractivity contribution < 1.29 is 29.1 Å². The van der Waals surface area contributed by atoms with E-state index >= 15 is 0 Å². The molecule has 0 aliphatic rings. The van der Waals surface area contributed by atoms with E-state index in [-0.39, 0.29) is 18.9 Å². The van der Waals surface area contributed by atoms with Crippen LogP contribution in [0.15, 0.2) is 4.99 Å². The summed E-state index contributed by atoms with van der Waals surface area (Å²) in [5.41, 5.74) is 21.3. The fourth-order valence-corrected chi connectivity index (χ4v) is 2.99. The van der Waals surface area contributed by atoms with Gasteiger partial charge in [-0.1, -0.05) is 0 Å². The molecule has 0 rings (SSSR count). The number of carboxylic acids is 1. The lowest BCUT2D eigenvalue weighted by Gasteiger charge is -2.23. The van der Waals surface area contributed by atoms with Crippen LogP contribution in [0.5, 0.6) is 0 Å². The molecule has 188 valence electrons. The summed E-state index contributed by atoms with van der Waals surface area (Å²) in [4.78, 5) is 63.6. The van der Waals surface area contributed by atoms with Crippen LogP contribution in [0.4, 0.5) is 0 Å². The largest absolute Gasteiger partial charge is 0.480 e. The first-order valence-electron chi connectivity index (χ1n) is 10.1. The molecule has 0 aliphatic heterocycles. The van der Waals surface area contributed by atoms with Gasteiger partial charge in [-0.2, -0.15) is 11.8 Å². The van der Waals surface area contributed by atoms with Gasteiger partial charge < -0.3 is 44.0 Å². The Labute approximate surface area is 196 Å². The molecule has 4 unspecified atom stereocenters. The second-order valence-corrected chi connectivity index (χ2v) is 8.18. The Morgan fingerprint density at radius 3 is 2.06 bits per heavy atom. The summed E-state index contributed by atoms with van der Waals surface area (Å²) in [6.45, 7) is 1.50. The lowest BCUT2D eigenvalue weighted by Crippen LogP contribution is -2.57. The Balaban J connectivity index is 5.00. The van der Waals surface area contributed by atoms with E-state index in [0.29, 0.717) is 18.6 Å². The number of aliphatic imine (C=N–C) groups is 1. The first kappa shape index (κ1) is 29.9. The highest BCUT2D eigenvalue weighted by molar-refractivity contribution is 7.98. The number of nitrogens with zero attached hydrogens (tertiary/aromatic N) is 1. The minimum atomic E-state index is -1.35. The third-order valence-corrected chi connectivity index (χ3v) is 4.96. The number of nitrogens with two attached hydrogens (primary N) is 4. The molecule has 0 bridgehead atoms. The van der Waals surface area contributed by atoms with Gasteiger partial charge in [-0.25, -0.2) is 4.79 Å². The lowest BCUT2D eigenvalue weighted by atomic mass is 10.1. The number of carboxylic acid groups (broad SMARTS) is 1. The number of guanidine groups is 1. The fourth-order valence-electron chi connectivity index (χ4n) is 2.50. The Kier molecular flexibility index (Phi) is 14.2. The Bertz CT molecular complexity index is 731. The molecule has 4 atom stereocenters. The van der Waals surface area contributed by atoms with Crippen LogP contribution in [0.25, 0.3) is 0 Å². The minimum Gasteiger partial charge on any atom is -0.480 e. The van der Waals surface area contributed by atoms with Crippen molar-refractivity contribution in [3.05, 3.63) is 0 Å². The molecule has 15 heteroatoms. The van der Waals surface area contributed by atoms with Gasteiger partial charge in [0.1, 0.15) is 18.1 Å². The fraction of sp³-hybridized carbons (Fsp3) is 0.667. The molecular weight excluding hydrogens is 456 g/mol. The smallest absolute Gasteiger partial charge is 0.326 e. The van der Waals surface area contributed by atoms with Gasteiger partial charge in [-0.3, -0.25) is 24.2 Å². The summed E-state index contributed by atoms with van der Waals surface area (Å²) in [7, 11) is 0. The average molecular weight is 491 g/mol. The summed E-state index contributed by atoms with van der Waals surface area (Å²) in [5.74, 6) is -3.91. The number of rotatable bonds is 16. The molecular formula is C18H34N8O6S. The maximum atomic E-state index is 12.5. The molecule has 0 fully saturated rings. The first-order valence-corrected chi connectivity index (χ1v) is 11.5. The van der Waals surface area contributed by atoms with Gasteiger partial charge in [0.25, 0.3) is 0 Å². The van der Waals surface area contributed by atoms with E-state index in [1.54, 1.807) is 0 Å². The monoisotopic (exact) mass is 490 g/mol. The molecule has 0 saturated heterocycles. The third kappa shape index (κ3) is 13.2. The maximum absolute atomic E-state index is 12.5. The van der Waals surface area contributed by atoms with Crippen molar-refractivity contribution in [3.63, 3.8) is 0 Å². The first-order chi connectivity index (χ1) is 15.4. The maximum Gasteiger partial charge on any atom is 0.326 e. The van der Waals surface area contributed by atoms with Crippen molar-refractivity contribution in [1.82, 2.24) is 16.0 Å². The van der Waals surface area contributed by atoms with E-state index in [2.05, 4.69) is 20.9 Å². The van der Waals surface area contributed by atoms with Crippen molar-refractivity contribution in [1.29, 1.82) is 0 Å². The number of aliphatic carboxylic acids is 1. The second-order valence-electron chi connectivity index (χ2n) is 7.20. The summed E-state index contributed by atoms with van der Waals surface area (Å²) in [5, 5.41) is 16.3. The van der Waals surface area contributed by atoms with Crippen LogP contribution in [-0.4, -0.2) is 83.4 Å². The molecule has 0 radical (unpaired) electrons. The molecule has 0 heterocycles. The predicted octanol–water partition coefficient (Wildman–Crippen LogP) is -3.45. The van der Waals surface area contributed by atoms with E-state index in [0.717, 1.165) is 0 Å². The topological polar surface area (TPSA) is 258 Å². The van der Waals surface area contributed by atoms with Crippen LogP contribution >= 0.6 is 11.8 Å². The van der Waals surface area contributed by atoms with Crippen molar-refractivity contribution in [2.24, 2.45) is 27.9 Å². The third-order valence-electron chi connectivity index (χ3n) is 4.32. The lowest BCUT2D eigenvalue weighted by molar-refractivity contribution is -0.142. The van der Waals surface area contributed by atoms with E-state index in [9.17, 15) is 29.1 Å². The van der Waals surface area contributed by atoms with Gasteiger partial charge in [0.15, 0.2) is 5.96 Å². The zero-order valence-corrected chi connectivity index (χ0v) is 19.5. The van der Waals surface area contributed by atoms with Crippen LogP contribution in [0, 0.1) is 0 Å². The predicted molar refractivity (Wildman–Crippen MR) is 124 cm³/mol. The molecule has 33 heavy (non-hydrogen) atoms. The van der Waals surface area contributed by atoms with Gasteiger partial charge in [-0.05, 0) is 38.2 Å². The van der Waals surface area contributed by atoms with Gasteiger partial charge >= 0.3 is 5.97 Å². The summed E-state index contributed by atoms with van der Waals surface area (Å²) in [6, 6.07) is -4.65. The van der Waals surface area contributed by atoms with Gasteiger partial charge in [-0.15, -0.1) is 0 Å². The minimum absolute atomic E-state index is 0.0484. The van der Waals surface area contributed by atoms with Gasteiger partial charge in [0.2, 0.25) is 23.6 Å². The van der Waals surface area contributed by atoms with E-state index < -0.39 is 60.2 Å². The highest BCUT2D eigenvalue weighted by Crippen LogP contribution is 2.02. The molecule has 4 amide bonds. The Morgan fingerprint density at radius 1 is 0.939 bits per heavy atom. The normalized spacial score (nSPS) is 14.2. The molecule has 14 nitrogen and oxygen atoms in total. The molecule has 12 N–H and O–H groups in total. The molecule has 0 aliphatic carbocycles. The SMILES string of the molecule is CSCCC(N)C(=O)NC(CC(N)=O)C(=O)NC(C)C(=O)NC(CCCN=C(N)N)C(=O)O. The highest BCUT2D eigenvalue weighted by atomic mass is 32.2. The quantitative estimate of drug-likeness (QED) is 0.0602. The molecule has 0 saturated carbocycles. The molecule has 0 aromatic heterocycles. The van der Waals surface area contributed by atoms with Crippen molar-refractivity contribution in [2.75, 3.05) is 18.6 Å². The van der Waals surface area contributed by atoms with Gasteiger partial charge in [0, 0.05) is 6.54 Å². The Morgan fingerprint density at radius 2 is 1.55 bits per heavy atom. The molecule has 0 spiro atoms. The number of amides is 4. The number of thioether (sulfide) groups is 1. The molecule has 0 aromatic carbocycles. The summed E-state index contributed by atoms with van der Waals surface area (Å²) < 4.78 is 0. The Hall–Kier alpha value is -3.07. The van der Waals surface area contributed by atoms with E-state index in [4.69, 9.17) is 22.9 Å². The van der Waals surface area contributed by atoms with E-state index in [1.165, 1.54) is 18.7 Å². The number of carbonyl (C=O) groups excluding carboxylic acids is 4. The second kappa shape index (κ2) is 15.7. The summed E-state index contributed by atoms with van der Waals surface area (Å²) in [6.07, 6.45) is 2.03. The zero-order valence-electron chi connectivity index (χ0n) is 18.7. The van der Waals surface area contributed by atoms with Gasteiger partial charge in [0.05, 0.1) is 12.5 Å². The average Bonchev–Trinajstić information content (AvgIpc) is 2.72. The van der Waals surface area contributed by atoms with Crippen LogP contribution in [0.1, 0.15) is 32.6 Å². The van der Waals surface area contributed by atoms with Crippen molar-refractivity contribution in [2.45, 2.75) is 56.8 Å². The van der Waals surface area contributed by atoms with Crippen molar-refractivity contribution in [3.8, 4) is 0 Å². The van der Waals surface area contributed by atoms with Crippen LogP contribution < -0.4 is 38.9 Å². The van der Waals surface area contributed by atoms with Crippen LogP contribution in [0.2, 0.25) is 0 Å². The zero-order chi connectivity index (χ0) is 25.6. The number of hydrogen-bond donors (Lipinski definition) is 8. The standard InChI is InChI=1S/C18H34N8O6S/c1-9(14(28)25-11(17(31)32)4-3-6-23-18(21)22)24-16(30)12(8-13(20)27)26-15(29)10(19)5-7-33-2/h9-12H,3-8,19H2,1-2H3,(H2,20,27)(H,24,30)(H,25,28)(H,26,29)(H,31,32)(H4,21,22,23). The number of hydrogen-bond acceptors (Lipinski definition) is 8.